The fourth-order valence-corrected chi connectivity index (χ4v) is 3.79. The van der Waals surface area contributed by atoms with E-state index in [0.717, 1.165) is 17.5 Å². The molecule has 1 heterocycles. The molecule has 2 aromatic carbocycles. The van der Waals surface area contributed by atoms with E-state index in [0.29, 0.717) is 5.69 Å². The maximum atomic E-state index is 13.6. The van der Waals surface area contributed by atoms with Crippen LogP contribution in [0.3, 0.4) is 0 Å². The molecule has 0 spiro atoms. The number of nitro groups is 1. The van der Waals surface area contributed by atoms with E-state index in [1.807, 2.05) is 12.1 Å². The number of halogens is 1. The number of anilines is 1. The Hall–Kier alpha value is -2.69. The molecule has 23 heavy (non-hydrogen) atoms. The number of fused-ring (bicyclic) bond motifs is 3. The summed E-state index contributed by atoms with van der Waals surface area (Å²) in [6, 6.07) is 11.5. The molecule has 0 fully saturated rings. The predicted molar refractivity (Wildman–Crippen MR) is 85.8 cm³/mol. The van der Waals surface area contributed by atoms with Crippen LogP contribution in [0.5, 0.6) is 0 Å². The molecule has 4 rings (SSSR count). The van der Waals surface area contributed by atoms with Crippen LogP contribution in [0.15, 0.2) is 54.6 Å². The number of nitrogens with one attached hydrogen (secondary N) is 1. The van der Waals surface area contributed by atoms with Crippen LogP contribution in [-0.4, -0.2) is 4.92 Å². The Labute approximate surface area is 132 Å². The largest absolute Gasteiger partial charge is 0.372 e. The number of para-hydroxylation sites is 1. The summed E-state index contributed by atoms with van der Waals surface area (Å²) in [6.07, 6.45) is 5.10. The van der Waals surface area contributed by atoms with Crippen molar-refractivity contribution in [2.24, 2.45) is 5.92 Å². The number of allylic oxidation sites excluding steroid dienone is 2. The zero-order valence-electron chi connectivity index (χ0n) is 12.3. The van der Waals surface area contributed by atoms with Gasteiger partial charge in [-0.3, -0.25) is 10.1 Å². The van der Waals surface area contributed by atoms with Gasteiger partial charge in [0.15, 0.2) is 0 Å². The van der Waals surface area contributed by atoms with Gasteiger partial charge in [0.25, 0.3) is 5.69 Å². The Balaban J connectivity index is 1.85. The van der Waals surface area contributed by atoms with Crippen molar-refractivity contribution >= 4 is 11.4 Å². The fraction of sp³-hybridized carbons (Fsp3) is 0.222. The molecule has 0 saturated heterocycles. The second-order valence-electron chi connectivity index (χ2n) is 6.03. The van der Waals surface area contributed by atoms with Crippen molar-refractivity contribution in [2.45, 2.75) is 18.4 Å². The van der Waals surface area contributed by atoms with Crippen LogP contribution in [0.2, 0.25) is 0 Å². The first-order chi connectivity index (χ1) is 11.1. The van der Waals surface area contributed by atoms with Crippen molar-refractivity contribution in [3.8, 4) is 0 Å². The van der Waals surface area contributed by atoms with Crippen LogP contribution < -0.4 is 5.32 Å². The lowest BCUT2D eigenvalue weighted by Crippen LogP contribution is -2.29. The van der Waals surface area contributed by atoms with E-state index < -0.39 is 0 Å². The number of hydrogen-bond donors (Lipinski definition) is 1. The summed E-state index contributed by atoms with van der Waals surface area (Å²) in [5.41, 5.74) is 2.40. The Morgan fingerprint density at radius 2 is 2.04 bits per heavy atom. The molecule has 0 aromatic heterocycles. The van der Waals surface area contributed by atoms with E-state index >= 15 is 0 Å². The van der Waals surface area contributed by atoms with E-state index in [9.17, 15) is 14.5 Å². The van der Waals surface area contributed by atoms with Crippen molar-refractivity contribution in [3.05, 3.63) is 81.7 Å². The minimum atomic E-state index is -0.368. The SMILES string of the molecule is O=[N+]([O-])c1cccc2c1N[C@H](c1cccc(F)c1)[C@H]1CC=C[C@H]21. The van der Waals surface area contributed by atoms with Crippen LogP contribution >= 0.6 is 0 Å². The molecule has 2 aliphatic rings. The molecular formula is C18H15FN2O2. The Bertz CT molecular complexity index is 818. The van der Waals surface area contributed by atoms with Gasteiger partial charge in [-0.05, 0) is 35.6 Å². The molecule has 0 unspecified atom stereocenters. The summed E-state index contributed by atoms with van der Waals surface area (Å²) >= 11 is 0. The van der Waals surface area contributed by atoms with Gasteiger partial charge in [-0.25, -0.2) is 4.39 Å². The predicted octanol–water partition coefficient (Wildman–Crippen LogP) is 4.56. The molecule has 4 nitrogen and oxygen atoms in total. The van der Waals surface area contributed by atoms with Crippen molar-refractivity contribution in [1.82, 2.24) is 0 Å². The third kappa shape index (κ3) is 2.20. The highest BCUT2D eigenvalue weighted by molar-refractivity contribution is 5.71. The zero-order valence-corrected chi connectivity index (χ0v) is 12.3. The van der Waals surface area contributed by atoms with E-state index in [2.05, 4.69) is 17.5 Å². The summed E-state index contributed by atoms with van der Waals surface area (Å²) < 4.78 is 13.6. The second kappa shape index (κ2) is 5.19. The van der Waals surface area contributed by atoms with Gasteiger partial charge in [-0.15, -0.1) is 0 Å². The third-order valence-electron chi connectivity index (χ3n) is 4.78. The highest BCUT2D eigenvalue weighted by atomic mass is 19.1. The van der Waals surface area contributed by atoms with Crippen molar-refractivity contribution in [3.63, 3.8) is 0 Å². The Morgan fingerprint density at radius 3 is 2.83 bits per heavy atom. The topological polar surface area (TPSA) is 55.2 Å². The number of nitro benzene ring substituents is 1. The van der Waals surface area contributed by atoms with Gasteiger partial charge in [0.1, 0.15) is 11.5 Å². The number of hydrogen-bond acceptors (Lipinski definition) is 3. The van der Waals surface area contributed by atoms with Crippen LogP contribution in [0, 0.1) is 21.8 Å². The fourth-order valence-electron chi connectivity index (χ4n) is 3.79. The first-order valence-electron chi connectivity index (χ1n) is 7.61. The summed E-state index contributed by atoms with van der Waals surface area (Å²) in [6.45, 7) is 0. The quantitative estimate of drug-likeness (QED) is 0.502. The Kier molecular flexibility index (Phi) is 3.15. The minimum absolute atomic E-state index is 0.0719. The van der Waals surface area contributed by atoms with E-state index in [-0.39, 0.29) is 34.3 Å². The zero-order chi connectivity index (χ0) is 16.0. The van der Waals surface area contributed by atoms with E-state index in [4.69, 9.17) is 0 Å². The lowest BCUT2D eigenvalue weighted by molar-refractivity contribution is -0.384. The monoisotopic (exact) mass is 310 g/mol. The summed E-state index contributed by atoms with van der Waals surface area (Å²) in [5.74, 6) is 0.0749. The van der Waals surface area contributed by atoms with Crippen molar-refractivity contribution in [2.75, 3.05) is 5.32 Å². The maximum Gasteiger partial charge on any atom is 0.292 e. The van der Waals surface area contributed by atoms with E-state index in [1.165, 1.54) is 18.2 Å². The third-order valence-corrected chi connectivity index (χ3v) is 4.78. The van der Waals surface area contributed by atoms with Crippen molar-refractivity contribution in [1.29, 1.82) is 0 Å². The smallest absolute Gasteiger partial charge is 0.292 e. The molecule has 1 aliphatic carbocycles. The summed E-state index contributed by atoms with van der Waals surface area (Å²) in [4.78, 5) is 11.0. The van der Waals surface area contributed by atoms with E-state index in [1.54, 1.807) is 12.1 Å². The summed E-state index contributed by atoms with van der Waals surface area (Å²) in [5, 5.41) is 14.7. The first-order valence-corrected chi connectivity index (χ1v) is 7.61. The van der Waals surface area contributed by atoms with Crippen molar-refractivity contribution < 1.29 is 9.31 Å². The molecule has 1 N–H and O–H groups in total. The van der Waals surface area contributed by atoms with Crippen LogP contribution in [0.25, 0.3) is 0 Å². The average Bonchev–Trinajstić information content (AvgIpc) is 3.03. The van der Waals surface area contributed by atoms with Crippen LogP contribution in [-0.2, 0) is 0 Å². The number of benzene rings is 2. The molecule has 0 bridgehead atoms. The molecule has 0 saturated carbocycles. The molecule has 5 heteroatoms. The first kappa shape index (κ1) is 13.9. The number of nitrogens with zero attached hydrogens (tertiary/aromatic N) is 1. The molecular weight excluding hydrogens is 295 g/mol. The number of rotatable bonds is 2. The van der Waals surface area contributed by atoms with Gasteiger partial charge in [0.2, 0.25) is 0 Å². The van der Waals surface area contributed by atoms with Gasteiger partial charge >= 0.3 is 0 Å². The second-order valence-corrected chi connectivity index (χ2v) is 6.03. The highest BCUT2D eigenvalue weighted by Gasteiger charge is 2.40. The lowest BCUT2D eigenvalue weighted by atomic mass is 9.77. The molecule has 2 aromatic rings. The molecule has 0 amide bonds. The summed E-state index contributed by atoms with van der Waals surface area (Å²) in [7, 11) is 0. The molecule has 1 aliphatic heterocycles. The van der Waals surface area contributed by atoms with Gasteiger partial charge < -0.3 is 5.32 Å². The normalized spacial score (nSPS) is 24.7. The van der Waals surface area contributed by atoms with Gasteiger partial charge in [-0.1, -0.05) is 36.4 Å². The molecule has 116 valence electrons. The minimum Gasteiger partial charge on any atom is -0.372 e. The van der Waals surface area contributed by atoms with Crippen LogP contribution in [0.1, 0.15) is 29.5 Å². The molecule has 3 atom stereocenters. The Morgan fingerprint density at radius 1 is 1.22 bits per heavy atom. The average molecular weight is 310 g/mol. The maximum absolute atomic E-state index is 13.6. The van der Waals surface area contributed by atoms with Gasteiger partial charge in [-0.2, -0.15) is 0 Å². The van der Waals surface area contributed by atoms with Crippen LogP contribution in [0.4, 0.5) is 15.8 Å². The highest BCUT2D eigenvalue weighted by Crippen LogP contribution is 2.51. The van der Waals surface area contributed by atoms with Gasteiger partial charge in [0.05, 0.1) is 11.0 Å². The van der Waals surface area contributed by atoms with Gasteiger partial charge in [0, 0.05) is 12.0 Å². The molecule has 0 radical (unpaired) electrons. The standard InChI is InChI=1S/C18H15FN2O2/c19-12-5-1-4-11(10-12)17-14-7-2-6-13(14)15-8-3-9-16(21(22)23)18(15)20-17/h1-6,8-10,13-14,17,20H,7H2/t13-,14-,17+/m0/s1. The lowest BCUT2D eigenvalue weighted by Gasteiger charge is -2.37.